The first-order valence-electron chi connectivity index (χ1n) is 16.9. The maximum absolute atomic E-state index is 13.6. The number of aromatic nitrogens is 1. The number of rotatable bonds is 7. The van der Waals surface area contributed by atoms with Crippen LogP contribution in [0.25, 0.3) is 5.57 Å². The lowest BCUT2D eigenvalue weighted by atomic mass is 9.78. The number of carbonyl (C=O) groups excluding carboxylic acids is 2. The average molecular weight is 615 g/mol. The van der Waals surface area contributed by atoms with Gasteiger partial charge in [-0.1, -0.05) is 88.6 Å². The van der Waals surface area contributed by atoms with Crippen LogP contribution in [-0.4, -0.2) is 34.7 Å². The number of likely N-dealkylation sites (tertiary alicyclic amines) is 1. The Morgan fingerprint density at radius 3 is 2.32 bits per heavy atom. The SMILES string of the molecule is C=C1/C(=C\C=C(/C)Cc2ccc(C3CCCCC3)cc2)C=C(c2nc(C3CCN(C(C)=O)CC3)sc2C)C(=O)C1CC.CC.[HH]. The number of piperidine rings is 1. The minimum absolute atomic E-state index is 0. The molecule has 3 aliphatic rings. The lowest BCUT2D eigenvalue weighted by molar-refractivity contribution is -0.129. The van der Waals surface area contributed by atoms with Gasteiger partial charge in [-0.15, -0.1) is 11.3 Å². The summed E-state index contributed by atoms with van der Waals surface area (Å²) in [5.41, 5.74) is 7.57. The summed E-state index contributed by atoms with van der Waals surface area (Å²) in [6.45, 7) is 17.9. The Balaban J connectivity index is 0.00000180. The first kappa shape index (κ1) is 33.8. The third kappa shape index (κ3) is 7.96. The summed E-state index contributed by atoms with van der Waals surface area (Å²) in [7, 11) is 0. The highest BCUT2D eigenvalue weighted by Gasteiger charge is 2.33. The largest absolute Gasteiger partial charge is 0.343 e. The molecule has 0 bridgehead atoms. The first-order valence-corrected chi connectivity index (χ1v) is 17.7. The van der Waals surface area contributed by atoms with Crippen LogP contribution in [-0.2, 0) is 16.0 Å². The topological polar surface area (TPSA) is 50.3 Å². The van der Waals surface area contributed by atoms with Gasteiger partial charge in [0.25, 0.3) is 0 Å². The number of allylic oxidation sites excluding steroid dienone is 7. The van der Waals surface area contributed by atoms with Crippen LogP contribution in [0.5, 0.6) is 0 Å². The Hall–Kier alpha value is -3.05. The first-order chi connectivity index (χ1) is 21.2. The molecule has 1 amide bonds. The summed E-state index contributed by atoms with van der Waals surface area (Å²) >= 11 is 1.70. The molecule has 1 aliphatic heterocycles. The van der Waals surface area contributed by atoms with Crippen LogP contribution in [0.2, 0.25) is 0 Å². The van der Waals surface area contributed by atoms with Crippen molar-refractivity contribution in [3.05, 3.63) is 92.5 Å². The average Bonchev–Trinajstić information content (AvgIpc) is 3.43. The van der Waals surface area contributed by atoms with Crippen LogP contribution >= 0.6 is 11.3 Å². The van der Waals surface area contributed by atoms with Gasteiger partial charge in [-0.3, -0.25) is 9.59 Å². The zero-order valence-corrected chi connectivity index (χ0v) is 28.7. The maximum atomic E-state index is 13.6. The van der Waals surface area contributed by atoms with Crippen molar-refractivity contribution < 1.29 is 11.0 Å². The zero-order valence-electron chi connectivity index (χ0n) is 27.9. The van der Waals surface area contributed by atoms with Gasteiger partial charge in [0.1, 0.15) is 0 Å². The van der Waals surface area contributed by atoms with E-state index >= 15 is 0 Å². The zero-order chi connectivity index (χ0) is 31.8. The van der Waals surface area contributed by atoms with Gasteiger partial charge in [0.15, 0.2) is 5.78 Å². The monoisotopic (exact) mass is 614 g/mol. The molecule has 2 aliphatic carbocycles. The predicted octanol–water partition coefficient (Wildman–Crippen LogP) is 10.2. The number of amides is 1. The summed E-state index contributed by atoms with van der Waals surface area (Å²) in [5, 5.41) is 1.09. The summed E-state index contributed by atoms with van der Waals surface area (Å²) < 4.78 is 0. The molecule has 0 N–H and O–H groups in total. The standard InChI is InChI=1S/C37H46N2O2S.C2H6.H2/c1-6-33-25(3)32(15-12-24(2)22-28-13-16-30(17-14-28)29-10-8-7-9-11-29)23-34(36(33)41)35-26(4)42-37(38-35)31-18-20-39(21-19-31)27(5)40;1-2;/h12-17,23,29,31,33H,3,6-11,18-22H2,1-2,4-5H3;1-2H3;1H/b24-12+,32-15-;;. The van der Waals surface area contributed by atoms with Crippen molar-refractivity contribution in [2.75, 3.05) is 13.1 Å². The van der Waals surface area contributed by atoms with E-state index in [0.717, 1.165) is 71.4 Å². The van der Waals surface area contributed by atoms with Crippen molar-refractivity contribution >= 4 is 28.6 Å². The third-order valence-corrected chi connectivity index (χ3v) is 10.7. The Bertz CT molecular complexity index is 1420. The fourth-order valence-corrected chi connectivity index (χ4v) is 7.98. The van der Waals surface area contributed by atoms with Crippen molar-refractivity contribution in [1.82, 2.24) is 9.88 Å². The molecule has 1 saturated carbocycles. The molecule has 238 valence electrons. The normalized spacial score (nSPS) is 21.3. The second-order valence-electron chi connectivity index (χ2n) is 12.5. The number of Topliss-reactive ketones (excluding diaryl/α,β-unsaturated/α-hetero) is 1. The number of benzene rings is 1. The molecule has 44 heavy (non-hydrogen) atoms. The molecule has 0 radical (unpaired) electrons. The molecule has 1 atom stereocenters. The summed E-state index contributed by atoms with van der Waals surface area (Å²) in [6, 6.07) is 9.27. The lowest BCUT2D eigenvalue weighted by Gasteiger charge is -2.30. The fraction of sp³-hybridized carbons (Fsp3) is 0.513. The highest BCUT2D eigenvalue weighted by atomic mass is 32.1. The minimum atomic E-state index is -0.222. The maximum Gasteiger partial charge on any atom is 0.219 e. The second-order valence-corrected chi connectivity index (χ2v) is 13.8. The van der Waals surface area contributed by atoms with Crippen molar-refractivity contribution in [3.8, 4) is 0 Å². The fourth-order valence-electron chi connectivity index (χ4n) is 6.88. The van der Waals surface area contributed by atoms with Crippen LogP contribution in [0.3, 0.4) is 0 Å². The van der Waals surface area contributed by atoms with Crippen molar-refractivity contribution in [1.29, 1.82) is 0 Å². The van der Waals surface area contributed by atoms with Gasteiger partial charge < -0.3 is 4.90 Å². The molecule has 1 aromatic carbocycles. The molecule has 2 aromatic rings. The number of nitrogens with zero attached hydrogens (tertiary/aromatic N) is 2. The summed E-state index contributed by atoms with van der Waals surface area (Å²) in [6.07, 6.45) is 16.6. The highest BCUT2D eigenvalue weighted by Crippen LogP contribution is 2.40. The highest BCUT2D eigenvalue weighted by molar-refractivity contribution is 7.11. The van der Waals surface area contributed by atoms with E-state index in [1.165, 1.54) is 48.8 Å². The van der Waals surface area contributed by atoms with Crippen molar-refractivity contribution in [2.24, 2.45) is 5.92 Å². The lowest BCUT2D eigenvalue weighted by Crippen LogP contribution is -2.36. The number of carbonyl (C=O) groups is 2. The van der Waals surface area contributed by atoms with Crippen molar-refractivity contribution in [2.45, 2.75) is 111 Å². The van der Waals surface area contributed by atoms with Crippen LogP contribution in [0.4, 0.5) is 0 Å². The van der Waals surface area contributed by atoms with E-state index in [1.54, 1.807) is 18.3 Å². The Morgan fingerprint density at radius 2 is 1.70 bits per heavy atom. The van der Waals surface area contributed by atoms with E-state index in [1.807, 2.05) is 24.8 Å². The molecule has 0 spiro atoms. The van der Waals surface area contributed by atoms with E-state index in [9.17, 15) is 9.59 Å². The molecule has 5 rings (SSSR count). The smallest absolute Gasteiger partial charge is 0.219 e. The molecule has 1 saturated heterocycles. The molecule has 2 fully saturated rings. The van der Waals surface area contributed by atoms with Crippen LogP contribution < -0.4 is 0 Å². The van der Waals surface area contributed by atoms with Gasteiger partial charge in [0, 0.05) is 43.7 Å². The van der Waals surface area contributed by atoms with Gasteiger partial charge in [0.05, 0.1) is 10.7 Å². The second kappa shape index (κ2) is 15.8. The number of thiazole rings is 1. The molecule has 2 heterocycles. The number of hydrogen-bond acceptors (Lipinski definition) is 4. The van der Waals surface area contributed by atoms with Gasteiger partial charge in [-0.25, -0.2) is 4.98 Å². The van der Waals surface area contributed by atoms with Gasteiger partial charge in [-0.2, -0.15) is 0 Å². The quantitative estimate of drug-likeness (QED) is 0.312. The molecule has 5 heteroatoms. The number of hydrogen-bond donors (Lipinski definition) is 0. The summed E-state index contributed by atoms with van der Waals surface area (Å²) in [4.78, 5) is 33.5. The number of ketones is 1. The van der Waals surface area contributed by atoms with E-state index < -0.39 is 0 Å². The van der Waals surface area contributed by atoms with Gasteiger partial charge in [-0.05, 0) is 86.6 Å². The molecule has 1 aromatic heterocycles. The molecular weight excluding hydrogens is 561 g/mol. The predicted molar refractivity (Wildman–Crippen MR) is 188 cm³/mol. The third-order valence-electron chi connectivity index (χ3n) is 9.53. The minimum Gasteiger partial charge on any atom is -0.343 e. The van der Waals surface area contributed by atoms with Crippen molar-refractivity contribution in [3.63, 3.8) is 0 Å². The van der Waals surface area contributed by atoms with E-state index in [2.05, 4.69) is 63.8 Å². The molecule has 4 nitrogen and oxygen atoms in total. The van der Waals surface area contributed by atoms with E-state index in [-0.39, 0.29) is 19.0 Å². The van der Waals surface area contributed by atoms with E-state index in [4.69, 9.17) is 4.98 Å². The number of aryl methyl sites for hydroxylation is 1. The molecule has 1 unspecified atom stereocenters. The van der Waals surface area contributed by atoms with Gasteiger partial charge >= 0.3 is 0 Å². The van der Waals surface area contributed by atoms with Crippen LogP contribution in [0.1, 0.15) is 126 Å². The Kier molecular flexibility index (Phi) is 12.1. The van der Waals surface area contributed by atoms with E-state index in [0.29, 0.717) is 11.5 Å². The van der Waals surface area contributed by atoms with Gasteiger partial charge in [0.2, 0.25) is 5.91 Å². The molecular formula is C39H54N2O2S. The Labute approximate surface area is 271 Å². The van der Waals surface area contributed by atoms with Crippen LogP contribution in [0, 0.1) is 12.8 Å². The Morgan fingerprint density at radius 1 is 1.05 bits per heavy atom. The summed E-state index contributed by atoms with van der Waals surface area (Å²) in [5.74, 6) is 1.13. The van der Waals surface area contributed by atoms with Crippen LogP contribution in [0.15, 0.2) is 65.8 Å².